The van der Waals surface area contributed by atoms with E-state index in [1.165, 1.54) is 19.4 Å². The van der Waals surface area contributed by atoms with Gasteiger partial charge in [0, 0.05) is 7.11 Å². The van der Waals surface area contributed by atoms with E-state index in [0.29, 0.717) is 11.3 Å². The Morgan fingerprint density at radius 1 is 1.36 bits per heavy atom. The van der Waals surface area contributed by atoms with Crippen LogP contribution in [0.2, 0.25) is 0 Å². The molecule has 0 saturated carbocycles. The van der Waals surface area contributed by atoms with Crippen LogP contribution >= 0.6 is 0 Å². The number of alkyl halides is 3. The maximum atomic E-state index is 12.9. The molecule has 25 heavy (non-hydrogen) atoms. The second-order valence-electron chi connectivity index (χ2n) is 5.28. The number of hydrogen-bond acceptors (Lipinski definition) is 4. The quantitative estimate of drug-likeness (QED) is 0.764. The monoisotopic (exact) mass is 353 g/mol. The number of anilines is 1. The SMILES string of the molecule is COCC(=O)Nc1nc2cc(C(F)(F)F)ccc2n1Cc1ccco1. The van der Waals surface area contributed by atoms with Crippen molar-refractivity contribution in [2.75, 3.05) is 19.0 Å². The van der Waals surface area contributed by atoms with Gasteiger partial charge < -0.3 is 13.7 Å². The first-order valence-corrected chi connectivity index (χ1v) is 7.27. The van der Waals surface area contributed by atoms with Crippen LogP contribution in [0.5, 0.6) is 0 Å². The molecule has 1 amide bonds. The molecule has 132 valence electrons. The number of benzene rings is 1. The molecule has 0 aliphatic carbocycles. The van der Waals surface area contributed by atoms with Gasteiger partial charge in [-0.25, -0.2) is 4.98 Å². The Balaban J connectivity index is 2.06. The van der Waals surface area contributed by atoms with E-state index < -0.39 is 17.6 Å². The molecule has 0 atom stereocenters. The number of halogens is 3. The molecule has 1 aromatic carbocycles. The first kappa shape index (κ1) is 17.0. The van der Waals surface area contributed by atoms with Crippen molar-refractivity contribution in [3.8, 4) is 0 Å². The smallest absolute Gasteiger partial charge is 0.416 e. The summed E-state index contributed by atoms with van der Waals surface area (Å²) in [5, 5.41) is 2.54. The molecule has 0 bridgehead atoms. The van der Waals surface area contributed by atoms with Gasteiger partial charge in [0.15, 0.2) is 0 Å². The molecule has 3 aromatic rings. The molecule has 6 nitrogen and oxygen atoms in total. The van der Waals surface area contributed by atoms with Crippen LogP contribution in [0, 0.1) is 0 Å². The third-order valence-electron chi connectivity index (χ3n) is 3.50. The number of carbonyl (C=O) groups is 1. The summed E-state index contributed by atoms with van der Waals surface area (Å²) in [6.45, 7) is 0.00915. The topological polar surface area (TPSA) is 69.3 Å². The van der Waals surface area contributed by atoms with E-state index in [-0.39, 0.29) is 24.6 Å². The zero-order valence-corrected chi connectivity index (χ0v) is 13.1. The van der Waals surface area contributed by atoms with Gasteiger partial charge in [0.2, 0.25) is 5.95 Å². The van der Waals surface area contributed by atoms with E-state index in [1.54, 1.807) is 16.7 Å². The highest BCUT2D eigenvalue weighted by molar-refractivity contribution is 5.92. The molecule has 1 N–H and O–H groups in total. The number of ether oxygens (including phenoxy) is 1. The van der Waals surface area contributed by atoms with Crippen LogP contribution in [-0.2, 0) is 22.3 Å². The van der Waals surface area contributed by atoms with Crippen LogP contribution in [0.4, 0.5) is 19.1 Å². The predicted molar refractivity (Wildman–Crippen MR) is 83.1 cm³/mol. The Labute approximate surface area is 140 Å². The number of aromatic nitrogens is 2. The molecule has 3 rings (SSSR count). The summed E-state index contributed by atoms with van der Waals surface area (Å²) in [4.78, 5) is 15.9. The summed E-state index contributed by atoms with van der Waals surface area (Å²) < 4.78 is 50.3. The maximum Gasteiger partial charge on any atom is 0.416 e. The highest BCUT2D eigenvalue weighted by Gasteiger charge is 2.31. The van der Waals surface area contributed by atoms with Crippen molar-refractivity contribution in [2.24, 2.45) is 0 Å². The summed E-state index contributed by atoms with van der Waals surface area (Å²) in [6, 6.07) is 6.65. The second-order valence-corrected chi connectivity index (χ2v) is 5.28. The lowest BCUT2D eigenvalue weighted by Crippen LogP contribution is -2.20. The molecule has 2 heterocycles. The number of nitrogens with one attached hydrogen (secondary N) is 1. The molecule has 0 spiro atoms. The van der Waals surface area contributed by atoms with Crippen molar-refractivity contribution < 1.29 is 27.1 Å². The Morgan fingerprint density at radius 3 is 2.80 bits per heavy atom. The Kier molecular flexibility index (Phi) is 4.49. The molecule has 0 aliphatic rings. The van der Waals surface area contributed by atoms with Gasteiger partial charge >= 0.3 is 6.18 Å². The lowest BCUT2D eigenvalue weighted by Gasteiger charge is -2.09. The fourth-order valence-electron chi connectivity index (χ4n) is 2.41. The third-order valence-corrected chi connectivity index (χ3v) is 3.50. The summed E-state index contributed by atoms with van der Waals surface area (Å²) in [6.07, 6.45) is -2.99. The summed E-state index contributed by atoms with van der Waals surface area (Å²) in [5.74, 6) is 0.226. The highest BCUT2D eigenvalue weighted by atomic mass is 19.4. The number of amides is 1. The van der Waals surface area contributed by atoms with E-state index >= 15 is 0 Å². The number of carbonyl (C=O) groups excluding carboxylic acids is 1. The van der Waals surface area contributed by atoms with Gasteiger partial charge in [0.1, 0.15) is 12.4 Å². The van der Waals surface area contributed by atoms with Crippen molar-refractivity contribution in [1.82, 2.24) is 9.55 Å². The summed E-state index contributed by atoms with van der Waals surface area (Å²) >= 11 is 0. The Bertz CT molecular complexity index is 885. The fraction of sp³-hybridized carbons (Fsp3) is 0.250. The lowest BCUT2D eigenvalue weighted by atomic mass is 10.2. The first-order chi connectivity index (χ1) is 11.9. The number of furan rings is 1. The van der Waals surface area contributed by atoms with E-state index in [1.807, 2.05) is 0 Å². The number of hydrogen-bond donors (Lipinski definition) is 1. The zero-order chi connectivity index (χ0) is 18.0. The number of imidazole rings is 1. The minimum atomic E-state index is -4.47. The molecule has 0 aliphatic heterocycles. The molecule has 0 saturated heterocycles. The fourth-order valence-corrected chi connectivity index (χ4v) is 2.41. The molecule has 2 aromatic heterocycles. The lowest BCUT2D eigenvalue weighted by molar-refractivity contribution is -0.137. The molecular weight excluding hydrogens is 339 g/mol. The first-order valence-electron chi connectivity index (χ1n) is 7.27. The third kappa shape index (κ3) is 3.66. The van der Waals surface area contributed by atoms with Gasteiger partial charge in [-0.1, -0.05) is 0 Å². The Morgan fingerprint density at radius 2 is 2.16 bits per heavy atom. The largest absolute Gasteiger partial charge is 0.467 e. The van der Waals surface area contributed by atoms with Gasteiger partial charge in [-0.15, -0.1) is 0 Å². The molecular formula is C16H14F3N3O3. The van der Waals surface area contributed by atoms with Crippen LogP contribution in [0.15, 0.2) is 41.0 Å². The van der Waals surface area contributed by atoms with Crippen LogP contribution in [0.25, 0.3) is 11.0 Å². The minimum Gasteiger partial charge on any atom is -0.467 e. The van der Waals surface area contributed by atoms with E-state index in [9.17, 15) is 18.0 Å². The van der Waals surface area contributed by atoms with E-state index in [4.69, 9.17) is 9.15 Å². The number of fused-ring (bicyclic) bond motifs is 1. The van der Waals surface area contributed by atoms with Gasteiger partial charge in [0.25, 0.3) is 5.91 Å². The van der Waals surface area contributed by atoms with E-state index in [2.05, 4.69) is 10.3 Å². The average Bonchev–Trinajstić information content (AvgIpc) is 3.15. The number of rotatable bonds is 5. The van der Waals surface area contributed by atoms with E-state index in [0.717, 1.165) is 12.1 Å². The minimum absolute atomic E-state index is 0.118. The van der Waals surface area contributed by atoms with Gasteiger partial charge in [0.05, 0.1) is 29.4 Å². The molecule has 0 fully saturated rings. The normalized spacial score (nSPS) is 11.8. The molecule has 9 heteroatoms. The van der Waals surface area contributed by atoms with Crippen molar-refractivity contribution in [1.29, 1.82) is 0 Å². The maximum absolute atomic E-state index is 12.9. The second kappa shape index (κ2) is 6.60. The van der Waals surface area contributed by atoms with Crippen molar-refractivity contribution in [2.45, 2.75) is 12.7 Å². The van der Waals surface area contributed by atoms with Crippen LogP contribution in [-0.4, -0.2) is 29.2 Å². The summed E-state index contributed by atoms with van der Waals surface area (Å²) in [5.41, 5.74) is -0.247. The molecule has 0 unspecified atom stereocenters. The average molecular weight is 353 g/mol. The predicted octanol–water partition coefficient (Wildman–Crippen LogP) is 3.28. The van der Waals surface area contributed by atoms with Crippen molar-refractivity contribution >= 4 is 22.9 Å². The number of methoxy groups -OCH3 is 1. The zero-order valence-electron chi connectivity index (χ0n) is 13.1. The summed E-state index contributed by atoms with van der Waals surface area (Å²) in [7, 11) is 1.36. The highest BCUT2D eigenvalue weighted by Crippen LogP contribution is 2.32. The van der Waals surface area contributed by atoms with Crippen LogP contribution < -0.4 is 5.32 Å². The number of nitrogens with zero attached hydrogens (tertiary/aromatic N) is 2. The van der Waals surface area contributed by atoms with Gasteiger partial charge in [-0.05, 0) is 30.3 Å². The van der Waals surface area contributed by atoms with Gasteiger partial charge in [-0.3, -0.25) is 10.1 Å². The molecule has 0 radical (unpaired) electrons. The van der Waals surface area contributed by atoms with Crippen molar-refractivity contribution in [3.63, 3.8) is 0 Å². The standard InChI is InChI=1S/C16H14F3N3O3/c1-24-9-14(23)21-15-20-12-7-10(16(17,18)19)4-5-13(12)22(15)8-11-3-2-6-25-11/h2-7H,8-9H2,1H3,(H,20,21,23). The van der Waals surface area contributed by atoms with Crippen LogP contribution in [0.1, 0.15) is 11.3 Å². The Hall–Kier alpha value is -2.81. The van der Waals surface area contributed by atoms with Gasteiger partial charge in [-0.2, -0.15) is 13.2 Å². The van der Waals surface area contributed by atoms with Crippen LogP contribution in [0.3, 0.4) is 0 Å². The van der Waals surface area contributed by atoms with Crippen molar-refractivity contribution in [3.05, 3.63) is 47.9 Å².